The summed E-state index contributed by atoms with van der Waals surface area (Å²) in [4.78, 5) is 23.7. The van der Waals surface area contributed by atoms with E-state index >= 15 is 0 Å². The Morgan fingerprint density at radius 1 is 1.30 bits per heavy atom. The molecule has 23 heavy (non-hydrogen) atoms. The van der Waals surface area contributed by atoms with Gasteiger partial charge in [-0.25, -0.2) is 4.79 Å². The summed E-state index contributed by atoms with van der Waals surface area (Å²) >= 11 is 6.11. The minimum absolute atomic E-state index is 0.153. The fourth-order valence-electron chi connectivity index (χ4n) is 1.98. The van der Waals surface area contributed by atoms with Crippen molar-refractivity contribution in [1.29, 1.82) is 0 Å². The molecule has 6 nitrogen and oxygen atoms in total. The van der Waals surface area contributed by atoms with Gasteiger partial charge >= 0.3 is 6.03 Å². The van der Waals surface area contributed by atoms with Gasteiger partial charge in [0.1, 0.15) is 0 Å². The molecular weight excluding hydrogens is 318 g/mol. The Kier molecular flexibility index (Phi) is 5.78. The maximum atomic E-state index is 12.0. The number of carbonyl (C=O) groups excluding carboxylic acids is 1. The van der Waals surface area contributed by atoms with E-state index < -0.39 is 6.03 Å². The van der Waals surface area contributed by atoms with Crippen LogP contribution in [0.5, 0.6) is 0 Å². The summed E-state index contributed by atoms with van der Waals surface area (Å²) in [5.41, 5.74) is 1.09. The van der Waals surface area contributed by atoms with Crippen molar-refractivity contribution in [3.05, 3.63) is 63.5 Å². The second-order valence-electron chi connectivity index (χ2n) is 5.16. The summed E-state index contributed by atoms with van der Waals surface area (Å²) in [7, 11) is 0. The third-order valence-electron chi connectivity index (χ3n) is 3.19. The van der Waals surface area contributed by atoms with Gasteiger partial charge in [0, 0.05) is 17.3 Å². The number of pyridine rings is 1. The van der Waals surface area contributed by atoms with Gasteiger partial charge in [-0.05, 0) is 24.6 Å². The van der Waals surface area contributed by atoms with Crippen molar-refractivity contribution >= 4 is 23.3 Å². The van der Waals surface area contributed by atoms with Crippen LogP contribution in [0.2, 0.25) is 5.02 Å². The van der Waals surface area contributed by atoms with Crippen LogP contribution in [-0.2, 0) is 6.54 Å². The van der Waals surface area contributed by atoms with E-state index in [2.05, 4.69) is 10.6 Å². The summed E-state index contributed by atoms with van der Waals surface area (Å²) in [5.74, 6) is 0. The van der Waals surface area contributed by atoms with Crippen LogP contribution in [0.4, 0.5) is 10.5 Å². The number of amides is 2. The van der Waals surface area contributed by atoms with Crippen LogP contribution < -0.4 is 16.2 Å². The standard InChI is InChI=1S/C16H18ClN3O3/c1-11(10-21)18-16(23)19-13-6-7-15(22)20(9-13)8-12-4-2-3-5-14(12)17/h2-7,9,11,21H,8,10H2,1H3,(H2,18,19,23). The van der Waals surface area contributed by atoms with Gasteiger partial charge in [0.2, 0.25) is 0 Å². The maximum Gasteiger partial charge on any atom is 0.319 e. The van der Waals surface area contributed by atoms with E-state index in [1.807, 2.05) is 18.2 Å². The lowest BCUT2D eigenvalue weighted by molar-refractivity contribution is 0.229. The number of aliphatic hydroxyl groups excluding tert-OH is 1. The van der Waals surface area contributed by atoms with Gasteiger partial charge in [-0.3, -0.25) is 4.79 Å². The first-order valence-corrected chi connectivity index (χ1v) is 7.49. The number of hydrogen-bond acceptors (Lipinski definition) is 3. The minimum Gasteiger partial charge on any atom is -0.394 e. The molecule has 0 spiro atoms. The number of carbonyl (C=O) groups is 1. The summed E-state index contributed by atoms with van der Waals surface area (Å²) in [6.07, 6.45) is 1.55. The highest BCUT2D eigenvalue weighted by Gasteiger charge is 2.08. The Labute approximate surface area is 138 Å². The number of anilines is 1. The van der Waals surface area contributed by atoms with E-state index in [0.717, 1.165) is 5.56 Å². The number of aliphatic hydroxyl groups is 1. The first-order chi connectivity index (χ1) is 11.0. The Morgan fingerprint density at radius 3 is 2.74 bits per heavy atom. The van der Waals surface area contributed by atoms with Crippen LogP contribution in [0.3, 0.4) is 0 Å². The van der Waals surface area contributed by atoms with Crippen LogP contribution in [-0.4, -0.2) is 28.4 Å². The molecule has 0 saturated heterocycles. The molecule has 1 unspecified atom stereocenters. The molecule has 7 heteroatoms. The number of rotatable bonds is 5. The van der Waals surface area contributed by atoms with Crippen molar-refractivity contribution in [2.45, 2.75) is 19.5 Å². The number of hydrogen-bond donors (Lipinski definition) is 3. The van der Waals surface area contributed by atoms with E-state index in [-0.39, 0.29) is 18.2 Å². The lowest BCUT2D eigenvalue weighted by atomic mass is 10.2. The highest BCUT2D eigenvalue weighted by Crippen LogP contribution is 2.16. The molecule has 1 heterocycles. The number of urea groups is 1. The quantitative estimate of drug-likeness (QED) is 0.782. The fraction of sp³-hybridized carbons (Fsp3) is 0.250. The molecule has 1 aromatic carbocycles. The van der Waals surface area contributed by atoms with Crippen molar-refractivity contribution < 1.29 is 9.90 Å². The van der Waals surface area contributed by atoms with Gasteiger partial charge in [-0.15, -0.1) is 0 Å². The summed E-state index contributed by atoms with van der Waals surface area (Å²) in [6.45, 7) is 1.83. The lowest BCUT2D eigenvalue weighted by Gasteiger charge is -2.13. The summed E-state index contributed by atoms with van der Waals surface area (Å²) < 4.78 is 1.46. The lowest BCUT2D eigenvalue weighted by Crippen LogP contribution is -2.38. The average molecular weight is 336 g/mol. The molecule has 0 aliphatic rings. The zero-order valence-electron chi connectivity index (χ0n) is 12.6. The predicted molar refractivity (Wildman–Crippen MR) is 90.0 cm³/mol. The second-order valence-corrected chi connectivity index (χ2v) is 5.56. The van der Waals surface area contributed by atoms with E-state index in [0.29, 0.717) is 17.3 Å². The second kappa shape index (κ2) is 7.80. The number of nitrogens with zero attached hydrogens (tertiary/aromatic N) is 1. The average Bonchev–Trinajstić information content (AvgIpc) is 2.52. The molecule has 2 rings (SSSR count). The van der Waals surface area contributed by atoms with Gasteiger partial charge in [0.05, 0.1) is 24.9 Å². The first-order valence-electron chi connectivity index (χ1n) is 7.12. The third-order valence-corrected chi connectivity index (χ3v) is 3.56. The van der Waals surface area contributed by atoms with E-state index in [1.54, 1.807) is 19.2 Å². The molecule has 1 aromatic heterocycles. The molecule has 2 aromatic rings. The van der Waals surface area contributed by atoms with Crippen LogP contribution in [0.25, 0.3) is 0 Å². The SMILES string of the molecule is CC(CO)NC(=O)Nc1ccc(=O)n(Cc2ccccc2Cl)c1. The van der Waals surface area contributed by atoms with Gasteiger partial charge in [0.15, 0.2) is 0 Å². The van der Waals surface area contributed by atoms with Gasteiger partial charge in [-0.2, -0.15) is 0 Å². The molecule has 0 radical (unpaired) electrons. The number of halogens is 1. The van der Waals surface area contributed by atoms with Crippen molar-refractivity contribution in [3.8, 4) is 0 Å². The Morgan fingerprint density at radius 2 is 2.04 bits per heavy atom. The smallest absolute Gasteiger partial charge is 0.319 e. The zero-order chi connectivity index (χ0) is 16.8. The highest BCUT2D eigenvalue weighted by atomic mass is 35.5. The Hall–Kier alpha value is -2.31. The van der Waals surface area contributed by atoms with Gasteiger partial charge in [0.25, 0.3) is 5.56 Å². The van der Waals surface area contributed by atoms with Crippen molar-refractivity contribution in [2.75, 3.05) is 11.9 Å². The zero-order valence-corrected chi connectivity index (χ0v) is 13.4. The van der Waals surface area contributed by atoms with E-state index in [1.165, 1.54) is 16.7 Å². The van der Waals surface area contributed by atoms with E-state index in [4.69, 9.17) is 16.7 Å². The molecule has 3 N–H and O–H groups in total. The molecule has 2 amide bonds. The van der Waals surface area contributed by atoms with Crippen LogP contribution >= 0.6 is 11.6 Å². The molecule has 0 saturated carbocycles. The maximum absolute atomic E-state index is 12.0. The number of benzene rings is 1. The Balaban J connectivity index is 2.15. The number of aromatic nitrogens is 1. The first kappa shape index (κ1) is 17.1. The molecule has 1 atom stereocenters. The van der Waals surface area contributed by atoms with E-state index in [9.17, 15) is 9.59 Å². The van der Waals surface area contributed by atoms with Crippen LogP contribution in [0.1, 0.15) is 12.5 Å². The third kappa shape index (κ3) is 4.84. The fourth-order valence-corrected chi connectivity index (χ4v) is 2.17. The highest BCUT2D eigenvalue weighted by molar-refractivity contribution is 6.31. The molecule has 0 fully saturated rings. The normalized spacial score (nSPS) is 11.8. The molecule has 0 bridgehead atoms. The molecule has 122 valence electrons. The summed E-state index contributed by atoms with van der Waals surface area (Å²) in [5, 5.41) is 14.7. The largest absolute Gasteiger partial charge is 0.394 e. The van der Waals surface area contributed by atoms with Gasteiger partial charge < -0.3 is 20.3 Å². The minimum atomic E-state index is -0.450. The van der Waals surface area contributed by atoms with Crippen molar-refractivity contribution in [1.82, 2.24) is 9.88 Å². The van der Waals surface area contributed by atoms with Gasteiger partial charge in [-0.1, -0.05) is 29.8 Å². The Bertz CT molecular complexity index is 745. The van der Waals surface area contributed by atoms with Crippen molar-refractivity contribution in [3.63, 3.8) is 0 Å². The van der Waals surface area contributed by atoms with Crippen molar-refractivity contribution in [2.24, 2.45) is 0 Å². The molecular formula is C16H18ClN3O3. The van der Waals surface area contributed by atoms with Crippen LogP contribution in [0.15, 0.2) is 47.4 Å². The topological polar surface area (TPSA) is 83.4 Å². The number of nitrogens with one attached hydrogen (secondary N) is 2. The monoisotopic (exact) mass is 335 g/mol. The molecule has 0 aliphatic carbocycles. The van der Waals surface area contributed by atoms with Crippen LogP contribution in [0, 0.1) is 0 Å². The summed E-state index contributed by atoms with van der Waals surface area (Å²) in [6, 6.07) is 9.35. The molecule has 0 aliphatic heterocycles. The predicted octanol–water partition coefficient (Wildman–Crippen LogP) is 2.05.